The van der Waals surface area contributed by atoms with Crippen LogP contribution in [0.25, 0.3) is 5.69 Å². The smallest absolute Gasteiger partial charge is 0.271 e. The van der Waals surface area contributed by atoms with Gasteiger partial charge >= 0.3 is 0 Å². The van der Waals surface area contributed by atoms with Crippen molar-refractivity contribution in [2.24, 2.45) is 0 Å². The molecule has 0 saturated carbocycles. The number of rotatable bonds is 5. The molecule has 0 unspecified atom stereocenters. The molecular formula is C21H19BrFN3O3. The topological polar surface area (TPSA) is 73.2 Å². The second-order valence-corrected chi connectivity index (χ2v) is 7.48. The Morgan fingerprint density at radius 1 is 1.14 bits per heavy atom. The number of aromatic nitrogens is 2. The molecular weight excluding hydrogens is 441 g/mol. The summed E-state index contributed by atoms with van der Waals surface area (Å²) in [6.07, 6.45) is -0.962. The van der Waals surface area contributed by atoms with Crippen LogP contribution in [0.4, 0.5) is 10.1 Å². The van der Waals surface area contributed by atoms with Crippen LogP contribution in [0, 0.1) is 19.7 Å². The fraction of sp³-hybridized carbons (Fsp3) is 0.190. The zero-order chi connectivity index (χ0) is 21.1. The van der Waals surface area contributed by atoms with Gasteiger partial charge < -0.3 is 10.1 Å². The Balaban J connectivity index is 1.78. The molecule has 1 heterocycles. The largest absolute Gasteiger partial charge is 0.463 e. The molecule has 0 saturated heterocycles. The molecule has 0 aliphatic carbocycles. The lowest BCUT2D eigenvalue weighted by atomic mass is 10.1. The van der Waals surface area contributed by atoms with E-state index in [1.807, 2.05) is 26.0 Å². The Kier molecular flexibility index (Phi) is 6.12. The molecule has 0 aliphatic rings. The molecule has 1 amide bonds. The van der Waals surface area contributed by atoms with Crippen LogP contribution >= 0.6 is 15.9 Å². The number of nitrogens with one attached hydrogen (secondary N) is 1. The van der Waals surface area contributed by atoms with E-state index in [0.717, 1.165) is 11.1 Å². The van der Waals surface area contributed by atoms with Crippen LogP contribution in [0.1, 0.15) is 18.1 Å². The van der Waals surface area contributed by atoms with Gasteiger partial charge in [0, 0.05) is 16.6 Å². The maximum absolute atomic E-state index is 13.9. The summed E-state index contributed by atoms with van der Waals surface area (Å²) in [6.45, 7) is 5.43. The van der Waals surface area contributed by atoms with Gasteiger partial charge in [0.15, 0.2) is 6.10 Å². The number of hydrogen-bond donors (Lipinski definition) is 1. The summed E-state index contributed by atoms with van der Waals surface area (Å²) in [5.41, 5.74) is 2.43. The lowest BCUT2D eigenvalue weighted by molar-refractivity contribution is -0.122. The number of benzene rings is 2. The molecule has 8 heteroatoms. The molecule has 0 fully saturated rings. The predicted molar refractivity (Wildman–Crippen MR) is 112 cm³/mol. The van der Waals surface area contributed by atoms with Crippen LogP contribution in [0.2, 0.25) is 0 Å². The van der Waals surface area contributed by atoms with Gasteiger partial charge in [0.1, 0.15) is 5.82 Å². The van der Waals surface area contributed by atoms with Gasteiger partial charge in [-0.25, -0.2) is 4.39 Å². The van der Waals surface area contributed by atoms with Crippen molar-refractivity contribution in [2.75, 3.05) is 5.32 Å². The minimum Gasteiger partial charge on any atom is -0.463 e. The average Bonchev–Trinajstić information content (AvgIpc) is 2.67. The number of ether oxygens (including phenoxy) is 1. The third kappa shape index (κ3) is 4.89. The predicted octanol–water partition coefficient (Wildman–Crippen LogP) is 4.16. The lowest BCUT2D eigenvalue weighted by Crippen LogP contribution is -2.31. The van der Waals surface area contributed by atoms with E-state index in [1.54, 1.807) is 12.1 Å². The summed E-state index contributed by atoms with van der Waals surface area (Å²) in [7, 11) is 0. The Labute approximate surface area is 175 Å². The molecule has 0 spiro atoms. The Hall–Kier alpha value is -3.00. The van der Waals surface area contributed by atoms with Gasteiger partial charge in [0.2, 0.25) is 5.88 Å². The Morgan fingerprint density at radius 3 is 2.59 bits per heavy atom. The van der Waals surface area contributed by atoms with Gasteiger partial charge in [-0.3, -0.25) is 9.59 Å². The van der Waals surface area contributed by atoms with Crippen LogP contribution in [-0.4, -0.2) is 21.8 Å². The molecule has 1 N–H and O–H groups in total. The van der Waals surface area contributed by atoms with Crippen LogP contribution in [-0.2, 0) is 4.79 Å². The van der Waals surface area contributed by atoms with E-state index in [4.69, 9.17) is 4.74 Å². The van der Waals surface area contributed by atoms with Gasteiger partial charge in [-0.15, -0.1) is 5.10 Å². The van der Waals surface area contributed by atoms with Gasteiger partial charge in [-0.1, -0.05) is 22.0 Å². The number of carbonyl (C=O) groups is 1. The second kappa shape index (κ2) is 8.57. The van der Waals surface area contributed by atoms with Crippen molar-refractivity contribution >= 4 is 27.5 Å². The number of anilines is 1. The molecule has 0 bridgehead atoms. The number of aryl methyl sites for hydroxylation is 2. The van der Waals surface area contributed by atoms with E-state index in [1.165, 1.54) is 35.9 Å². The number of amides is 1. The van der Waals surface area contributed by atoms with Crippen molar-refractivity contribution < 1.29 is 13.9 Å². The van der Waals surface area contributed by atoms with Crippen molar-refractivity contribution in [1.82, 2.24) is 9.78 Å². The molecule has 6 nitrogen and oxygen atoms in total. The van der Waals surface area contributed by atoms with E-state index >= 15 is 0 Å². The number of carbonyl (C=O) groups excluding carboxylic acids is 1. The summed E-state index contributed by atoms with van der Waals surface area (Å²) in [4.78, 5) is 24.6. The molecule has 2 aromatic carbocycles. The molecule has 29 heavy (non-hydrogen) atoms. The van der Waals surface area contributed by atoms with E-state index in [9.17, 15) is 14.0 Å². The first kappa shape index (κ1) is 20.7. The van der Waals surface area contributed by atoms with E-state index in [0.29, 0.717) is 10.2 Å². The van der Waals surface area contributed by atoms with E-state index < -0.39 is 17.8 Å². The SMILES string of the molecule is Cc1ccc(-n2nc(O[C@@H](C)C(=O)Nc3ccc(Br)cc3F)ccc2=O)cc1C. The number of nitrogens with zero attached hydrogens (tertiary/aromatic N) is 2. The Morgan fingerprint density at radius 2 is 1.90 bits per heavy atom. The van der Waals surface area contributed by atoms with Crippen LogP contribution in [0.5, 0.6) is 5.88 Å². The highest BCUT2D eigenvalue weighted by molar-refractivity contribution is 9.10. The fourth-order valence-electron chi connectivity index (χ4n) is 2.56. The summed E-state index contributed by atoms with van der Waals surface area (Å²) >= 11 is 3.16. The van der Waals surface area contributed by atoms with Crippen molar-refractivity contribution in [3.8, 4) is 11.6 Å². The molecule has 3 rings (SSSR count). The molecule has 1 aromatic heterocycles. The molecule has 150 valence electrons. The maximum Gasteiger partial charge on any atom is 0.271 e. The number of hydrogen-bond acceptors (Lipinski definition) is 4. The fourth-order valence-corrected chi connectivity index (χ4v) is 2.89. The van der Waals surface area contributed by atoms with Crippen molar-refractivity contribution in [2.45, 2.75) is 26.9 Å². The van der Waals surface area contributed by atoms with Crippen molar-refractivity contribution in [3.05, 3.63) is 80.3 Å². The average molecular weight is 460 g/mol. The zero-order valence-electron chi connectivity index (χ0n) is 16.1. The first-order valence-corrected chi connectivity index (χ1v) is 9.64. The second-order valence-electron chi connectivity index (χ2n) is 6.56. The molecule has 3 aromatic rings. The van der Waals surface area contributed by atoms with Crippen LogP contribution < -0.4 is 15.6 Å². The third-order valence-electron chi connectivity index (χ3n) is 4.37. The van der Waals surface area contributed by atoms with Crippen LogP contribution in [0.3, 0.4) is 0 Å². The summed E-state index contributed by atoms with van der Waals surface area (Å²) < 4.78 is 21.3. The number of halogens is 2. The highest BCUT2D eigenvalue weighted by Crippen LogP contribution is 2.20. The van der Waals surface area contributed by atoms with E-state index in [-0.39, 0.29) is 17.1 Å². The van der Waals surface area contributed by atoms with Gasteiger partial charge in [0.05, 0.1) is 11.4 Å². The zero-order valence-corrected chi connectivity index (χ0v) is 17.7. The standard InChI is InChI=1S/C21H19BrFN3O3/c1-12-4-6-16(10-13(12)2)26-20(27)9-8-19(25-26)29-14(3)21(28)24-18-7-5-15(22)11-17(18)23/h4-11,14H,1-3H3,(H,24,28)/t14-/m0/s1. The quantitative estimate of drug-likeness (QED) is 0.621. The molecule has 1 atom stereocenters. The minimum absolute atomic E-state index is 0.0432. The monoisotopic (exact) mass is 459 g/mol. The molecule has 0 aliphatic heterocycles. The highest BCUT2D eigenvalue weighted by atomic mass is 79.9. The third-order valence-corrected chi connectivity index (χ3v) is 4.86. The highest BCUT2D eigenvalue weighted by Gasteiger charge is 2.18. The normalized spacial score (nSPS) is 11.8. The lowest BCUT2D eigenvalue weighted by Gasteiger charge is -2.15. The summed E-state index contributed by atoms with van der Waals surface area (Å²) in [5, 5.41) is 6.67. The first-order valence-electron chi connectivity index (χ1n) is 8.85. The van der Waals surface area contributed by atoms with Crippen molar-refractivity contribution in [3.63, 3.8) is 0 Å². The Bertz CT molecular complexity index is 1130. The summed E-state index contributed by atoms with van der Waals surface area (Å²) in [6, 6.07) is 12.6. The van der Waals surface area contributed by atoms with E-state index in [2.05, 4.69) is 26.3 Å². The van der Waals surface area contributed by atoms with Gasteiger partial charge in [-0.05, 0) is 62.2 Å². The molecule has 0 radical (unpaired) electrons. The van der Waals surface area contributed by atoms with Gasteiger partial charge in [0.25, 0.3) is 11.5 Å². The van der Waals surface area contributed by atoms with Crippen molar-refractivity contribution in [1.29, 1.82) is 0 Å². The minimum atomic E-state index is -0.962. The van der Waals surface area contributed by atoms with Gasteiger partial charge in [-0.2, -0.15) is 4.68 Å². The first-order chi connectivity index (χ1) is 13.7. The van der Waals surface area contributed by atoms with Crippen LogP contribution in [0.15, 0.2) is 57.8 Å². The summed E-state index contributed by atoms with van der Waals surface area (Å²) in [5.74, 6) is -1.01. The maximum atomic E-state index is 13.9.